The minimum atomic E-state index is 0.504. The van der Waals surface area contributed by atoms with Crippen LogP contribution in [-0.4, -0.2) is 16.6 Å². The van der Waals surface area contributed by atoms with E-state index < -0.39 is 0 Å². The molecule has 0 spiro atoms. The molecule has 126 valence electrons. The van der Waals surface area contributed by atoms with E-state index in [2.05, 4.69) is 11.9 Å². The number of aromatic nitrogens is 1. The fraction of sp³-hybridized carbons (Fsp3) is 0.200. The van der Waals surface area contributed by atoms with Crippen LogP contribution in [-0.2, 0) is 5.75 Å². The van der Waals surface area contributed by atoms with Gasteiger partial charge in [-0.05, 0) is 43.7 Å². The molecule has 5 heteroatoms. The van der Waals surface area contributed by atoms with Gasteiger partial charge >= 0.3 is 0 Å². The average Bonchev–Trinajstić information content (AvgIpc) is 3.01. The Hall–Kier alpha value is -2.53. The Bertz CT molecular complexity index is 932. The maximum atomic E-state index is 5.81. The lowest BCUT2D eigenvalue weighted by molar-refractivity contribution is 0.375. The molecule has 25 heavy (non-hydrogen) atoms. The summed E-state index contributed by atoms with van der Waals surface area (Å²) in [5.74, 6) is 3.08. The third kappa shape index (κ3) is 3.46. The van der Waals surface area contributed by atoms with Crippen molar-refractivity contribution in [1.82, 2.24) is 4.98 Å². The molecule has 0 amide bonds. The third-order valence-electron chi connectivity index (χ3n) is 4.00. The topological polar surface area (TPSA) is 47.6 Å². The number of aryl methyl sites for hydroxylation is 2. The number of oxazole rings is 1. The number of hydrogen-bond acceptors (Lipinski definition) is 5. The predicted octanol–water partition coefficient (Wildman–Crippen LogP) is 5.31. The van der Waals surface area contributed by atoms with Crippen molar-refractivity contribution in [3.8, 4) is 17.2 Å². The summed E-state index contributed by atoms with van der Waals surface area (Å²) in [6, 6.07) is 16.0. The highest BCUT2D eigenvalue weighted by atomic mass is 32.2. The summed E-state index contributed by atoms with van der Waals surface area (Å²) in [4.78, 5) is 9.33. The molecule has 4 rings (SSSR count). The summed E-state index contributed by atoms with van der Waals surface area (Å²) >= 11 is 1.64. The van der Waals surface area contributed by atoms with Gasteiger partial charge in [0, 0.05) is 11.3 Å². The van der Waals surface area contributed by atoms with Crippen LogP contribution in [0.15, 0.2) is 57.9 Å². The number of thioether (sulfide) groups is 1. The number of benzene rings is 2. The van der Waals surface area contributed by atoms with Crippen LogP contribution in [0, 0.1) is 13.8 Å². The molecule has 0 atom stereocenters. The first-order valence-corrected chi connectivity index (χ1v) is 9.13. The van der Waals surface area contributed by atoms with E-state index in [1.165, 1.54) is 5.56 Å². The van der Waals surface area contributed by atoms with Gasteiger partial charge < -0.3 is 9.15 Å². The Labute approximate surface area is 151 Å². The zero-order valence-corrected chi connectivity index (χ0v) is 15.0. The second kappa shape index (κ2) is 6.76. The summed E-state index contributed by atoms with van der Waals surface area (Å²) < 4.78 is 11.6. The molecule has 1 aromatic heterocycles. The van der Waals surface area contributed by atoms with Crippen molar-refractivity contribution in [2.45, 2.75) is 19.6 Å². The standard InChI is InChI=1S/C20H18N2O2S/c1-13-8-9-16-18(10-13)23-11-19(21-16)25-12-17-14(2)24-20(22-17)15-6-4-3-5-7-15/h3-10H,11-12H2,1-2H3. The molecular formula is C20H18N2O2S. The van der Waals surface area contributed by atoms with Gasteiger partial charge in [-0.25, -0.2) is 9.98 Å². The van der Waals surface area contributed by atoms with E-state index in [4.69, 9.17) is 14.1 Å². The van der Waals surface area contributed by atoms with Crippen molar-refractivity contribution in [1.29, 1.82) is 0 Å². The molecule has 2 aromatic carbocycles. The number of rotatable bonds is 3. The highest BCUT2D eigenvalue weighted by Crippen LogP contribution is 2.34. The second-order valence-electron chi connectivity index (χ2n) is 5.94. The fourth-order valence-corrected chi connectivity index (χ4v) is 3.50. The van der Waals surface area contributed by atoms with E-state index in [0.29, 0.717) is 18.3 Å². The third-order valence-corrected chi connectivity index (χ3v) is 4.96. The number of nitrogens with zero attached hydrogens (tertiary/aromatic N) is 2. The summed E-state index contributed by atoms with van der Waals surface area (Å²) in [6.45, 7) is 4.51. The molecule has 0 unspecified atom stereocenters. The number of fused-ring (bicyclic) bond motifs is 1. The summed E-state index contributed by atoms with van der Waals surface area (Å²) in [6.07, 6.45) is 0. The van der Waals surface area contributed by atoms with Crippen molar-refractivity contribution < 1.29 is 9.15 Å². The zero-order valence-electron chi connectivity index (χ0n) is 14.2. The number of ether oxygens (including phenoxy) is 1. The van der Waals surface area contributed by atoms with E-state index in [9.17, 15) is 0 Å². The van der Waals surface area contributed by atoms with E-state index in [-0.39, 0.29) is 0 Å². The smallest absolute Gasteiger partial charge is 0.226 e. The molecule has 0 fully saturated rings. The lowest BCUT2D eigenvalue weighted by atomic mass is 10.2. The molecule has 1 aliphatic heterocycles. The van der Waals surface area contributed by atoms with Gasteiger partial charge in [0.05, 0.1) is 5.69 Å². The van der Waals surface area contributed by atoms with E-state index in [1.54, 1.807) is 11.8 Å². The molecule has 0 saturated carbocycles. The molecule has 1 aliphatic rings. The van der Waals surface area contributed by atoms with Crippen LogP contribution >= 0.6 is 11.8 Å². The first kappa shape index (κ1) is 16.0. The summed E-state index contributed by atoms with van der Waals surface area (Å²) in [7, 11) is 0. The van der Waals surface area contributed by atoms with Gasteiger partial charge in [-0.1, -0.05) is 24.3 Å². The highest BCUT2D eigenvalue weighted by molar-refractivity contribution is 8.13. The molecule has 3 aromatic rings. The molecule has 0 saturated heterocycles. The van der Waals surface area contributed by atoms with Crippen molar-refractivity contribution in [3.63, 3.8) is 0 Å². The summed E-state index contributed by atoms with van der Waals surface area (Å²) in [5.41, 5.74) is 4.00. The lowest BCUT2D eigenvalue weighted by Gasteiger charge is -2.16. The average molecular weight is 350 g/mol. The zero-order chi connectivity index (χ0) is 17.2. The first-order valence-electron chi connectivity index (χ1n) is 8.14. The van der Waals surface area contributed by atoms with Gasteiger partial charge in [0.1, 0.15) is 28.8 Å². The minimum Gasteiger partial charge on any atom is -0.484 e. The Morgan fingerprint density at radius 2 is 1.92 bits per heavy atom. The molecule has 0 aliphatic carbocycles. The van der Waals surface area contributed by atoms with Crippen LogP contribution in [0.3, 0.4) is 0 Å². The van der Waals surface area contributed by atoms with Crippen LogP contribution in [0.1, 0.15) is 17.0 Å². The van der Waals surface area contributed by atoms with Crippen molar-refractivity contribution in [3.05, 3.63) is 65.5 Å². The van der Waals surface area contributed by atoms with Gasteiger partial charge in [0.2, 0.25) is 5.89 Å². The van der Waals surface area contributed by atoms with E-state index in [1.807, 2.05) is 55.5 Å². The maximum absolute atomic E-state index is 5.81. The molecule has 0 radical (unpaired) electrons. The van der Waals surface area contributed by atoms with E-state index >= 15 is 0 Å². The molecule has 0 N–H and O–H groups in total. The largest absolute Gasteiger partial charge is 0.484 e. The van der Waals surface area contributed by atoms with Crippen molar-refractivity contribution in [2.75, 3.05) is 6.61 Å². The van der Waals surface area contributed by atoms with Gasteiger partial charge in [-0.15, -0.1) is 11.8 Å². The lowest BCUT2D eigenvalue weighted by Crippen LogP contribution is -2.12. The molecular weight excluding hydrogens is 332 g/mol. The van der Waals surface area contributed by atoms with Gasteiger partial charge in [-0.2, -0.15) is 0 Å². The minimum absolute atomic E-state index is 0.504. The SMILES string of the molecule is Cc1ccc2c(c1)OCC(SCc1nc(-c3ccccc3)oc1C)=N2. The van der Waals surface area contributed by atoms with Crippen LogP contribution < -0.4 is 4.74 Å². The van der Waals surface area contributed by atoms with Gasteiger partial charge in [0.15, 0.2) is 0 Å². The van der Waals surface area contributed by atoms with Gasteiger partial charge in [0.25, 0.3) is 0 Å². The van der Waals surface area contributed by atoms with Crippen LogP contribution in [0.2, 0.25) is 0 Å². The Kier molecular flexibility index (Phi) is 4.32. The number of hydrogen-bond donors (Lipinski definition) is 0. The predicted molar refractivity (Wildman–Crippen MR) is 102 cm³/mol. The van der Waals surface area contributed by atoms with E-state index in [0.717, 1.165) is 33.5 Å². The normalized spacial score (nSPS) is 13.1. The highest BCUT2D eigenvalue weighted by Gasteiger charge is 2.16. The Balaban J connectivity index is 1.49. The Morgan fingerprint density at radius 1 is 1.08 bits per heavy atom. The van der Waals surface area contributed by atoms with Crippen LogP contribution in [0.5, 0.6) is 5.75 Å². The molecule has 2 heterocycles. The molecule has 0 bridgehead atoms. The van der Waals surface area contributed by atoms with Crippen molar-refractivity contribution in [2.24, 2.45) is 4.99 Å². The Morgan fingerprint density at radius 3 is 2.76 bits per heavy atom. The maximum Gasteiger partial charge on any atom is 0.226 e. The monoisotopic (exact) mass is 350 g/mol. The fourth-order valence-electron chi connectivity index (χ4n) is 2.63. The second-order valence-corrected chi connectivity index (χ2v) is 6.99. The molecule has 4 nitrogen and oxygen atoms in total. The summed E-state index contributed by atoms with van der Waals surface area (Å²) in [5, 5.41) is 0.958. The van der Waals surface area contributed by atoms with Gasteiger partial charge in [-0.3, -0.25) is 0 Å². The number of aliphatic imine (C=N–C) groups is 1. The first-order chi connectivity index (χ1) is 12.2. The quantitative estimate of drug-likeness (QED) is 0.642. The van der Waals surface area contributed by atoms with Crippen LogP contribution in [0.4, 0.5) is 5.69 Å². The van der Waals surface area contributed by atoms with Crippen LogP contribution in [0.25, 0.3) is 11.5 Å². The van der Waals surface area contributed by atoms with Crippen molar-refractivity contribution >= 4 is 22.5 Å².